The van der Waals surface area contributed by atoms with Gasteiger partial charge in [0.1, 0.15) is 18.1 Å². The number of ketones is 1. The minimum absolute atomic E-state index is 0.0223. The Morgan fingerprint density at radius 3 is 2.64 bits per heavy atom. The van der Waals surface area contributed by atoms with Crippen molar-refractivity contribution in [2.45, 2.75) is 11.8 Å². The fourth-order valence-electron chi connectivity index (χ4n) is 2.13. The topological polar surface area (TPSA) is 82.0 Å². The van der Waals surface area contributed by atoms with Crippen LogP contribution >= 0.6 is 11.8 Å². The van der Waals surface area contributed by atoms with E-state index in [2.05, 4.69) is 15.2 Å². The fourth-order valence-corrected chi connectivity index (χ4v) is 2.94. The molecule has 0 aliphatic rings. The van der Waals surface area contributed by atoms with Crippen molar-refractivity contribution < 1.29 is 14.3 Å². The molecule has 0 fully saturated rings. The Kier molecular flexibility index (Phi) is 5.39. The monoisotopic (exact) mass is 358 g/mol. The van der Waals surface area contributed by atoms with Gasteiger partial charge < -0.3 is 19.0 Å². The van der Waals surface area contributed by atoms with Gasteiger partial charge in [0.15, 0.2) is 16.8 Å². The first-order chi connectivity index (χ1) is 12.2. The zero-order valence-corrected chi connectivity index (χ0v) is 14.7. The number of ether oxygens (including phenoxy) is 2. The highest BCUT2D eigenvalue weighted by Gasteiger charge is 2.13. The summed E-state index contributed by atoms with van der Waals surface area (Å²) in [4.78, 5) is 14.9. The number of carbonyl (C=O) groups excluding carboxylic acids is 1. The molecule has 7 nitrogen and oxygen atoms in total. The summed E-state index contributed by atoms with van der Waals surface area (Å²) >= 11 is 1.35. The van der Waals surface area contributed by atoms with Crippen LogP contribution in [0.1, 0.15) is 16.3 Å². The highest BCUT2D eigenvalue weighted by atomic mass is 32.2. The number of thioether (sulfide) groups is 1. The molecule has 2 aromatic heterocycles. The summed E-state index contributed by atoms with van der Waals surface area (Å²) < 4.78 is 12.7. The maximum Gasteiger partial charge on any atom is 0.191 e. The van der Waals surface area contributed by atoms with E-state index in [0.717, 1.165) is 11.5 Å². The summed E-state index contributed by atoms with van der Waals surface area (Å²) in [5.41, 5.74) is 0.595. The van der Waals surface area contributed by atoms with Gasteiger partial charge in [0.25, 0.3) is 0 Å². The summed E-state index contributed by atoms with van der Waals surface area (Å²) in [5.74, 6) is 2.50. The Balaban J connectivity index is 1.56. The van der Waals surface area contributed by atoms with Crippen LogP contribution in [0, 0.1) is 0 Å². The van der Waals surface area contributed by atoms with E-state index >= 15 is 0 Å². The molecule has 0 amide bonds. The Labute approximate surface area is 149 Å². The zero-order chi connectivity index (χ0) is 17.6. The number of carbonyl (C=O) groups is 1. The van der Waals surface area contributed by atoms with E-state index in [1.54, 1.807) is 25.4 Å². The molecule has 1 aromatic carbocycles. The lowest BCUT2D eigenvalue weighted by Crippen LogP contribution is -2.06. The molecule has 0 saturated carbocycles. The maximum absolute atomic E-state index is 12.0. The largest absolute Gasteiger partial charge is 0.497 e. The molecule has 0 radical (unpaired) electrons. The van der Waals surface area contributed by atoms with Crippen LogP contribution in [-0.2, 0) is 13.7 Å². The summed E-state index contributed by atoms with van der Waals surface area (Å²) in [7, 11) is 3.48. The normalized spacial score (nSPS) is 10.6. The van der Waals surface area contributed by atoms with E-state index in [1.165, 1.54) is 11.8 Å². The first kappa shape index (κ1) is 17.1. The van der Waals surface area contributed by atoms with Crippen LogP contribution in [0.15, 0.2) is 47.8 Å². The van der Waals surface area contributed by atoms with Gasteiger partial charge in [0, 0.05) is 13.2 Å². The standard InChI is InChI=1S/C17H18N4O3S/c1-21-16(10-24-13-7-5-12(23-2)6-8-13)19-20-17(21)25-11-15(22)14-4-3-9-18-14/h3-9,18H,10-11H2,1-2H3. The fraction of sp³-hybridized carbons (Fsp3) is 0.235. The molecule has 0 bridgehead atoms. The van der Waals surface area contributed by atoms with Crippen molar-refractivity contribution in [3.63, 3.8) is 0 Å². The first-order valence-electron chi connectivity index (χ1n) is 7.62. The molecule has 1 N–H and O–H groups in total. The van der Waals surface area contributed by atoms with Crippen molar-refractivity contribution in [1.29, 1.82) is 0 Å². The number of nitrogens with zero attached hydrogens (tertiary/aromatic N) is 3. The number of Topliss-reactive ketones (excluding diaryl/α,β-unsaturated/α-hetero) is 1. The number of methoxy groups -OCH3 is 1. The van der Waals surface area contributed by atoms with E-state index in [4.69, 9.17) is 9.47 Å². The van der Waals surface area contributed by atoms with Crippen LogP contribution in [0.5, 0.6) is 11.5 Å². The Morgan fingerprint density at radius 1 is 1.20 bits per heavy atom. The molecule has 25 heavy (non-hydrogen) atoms. The molecule has 0 atom stereocenters. The third-order valence-electron chi connectivity index (χ3n) is 3.58. The number of hydrogen-bond acceptors (Lipinski definition) is 6. The second-order valence-corrected chi connectivity index (χ2v) is 6.16. The molecule has 0 unspecified atom stereocenters. The van der Waals surface area contributed by atoms with Gasteiger partial charge in [-0.15, -0.1) is 10.2 Å². The summed E-state index contributed by atoms with van der Waals surface area (Å²) in [6, 6.07) is 10.9. The highest BCUT2D eigenvalue weighted by molar-refractivity contribution is 7.99. The van der Waals surface area contributed by atoms with E-state index in [-0.39, 0.29) is 5.78 Å². The second-order valence-electron chi connectivity index (χ2n) is 5.22. The smallest absolute Gasteiger partial charge is 0.191 e. The van der Waals surface area contributed by atoms with Gasteiger partial charge in [-0.3, -0.25) is 4.79 Å². The Bertz CT molecular complexity index is 828. The quantitative estimate of drug-likeness (QED) is 0.492. The molecular weight excluding hydrogens is 340 g/mol. The average Bonchev–Trinajstić information content (AvgIpc) is 3.29. The van der Waals surface area contributed by atoms with Crippen molar-refractivity contribution in [3.05, 3.63) is 54.1 Å². The zero-order valence-electron chi connectivity index (χ0n) is 13.9. The predicted molar refractivity (Wildman–Crippen MR) is 94.2 cm³/mol. The van der Waals surface area contributed by atoms with Crippen LogP contribution in [0.25, 0.3) is 0 Å². The molecule has 0 saturated heterocycles. The second kappa shape index (κ2) is 7.89. The highest BCUT2D eigenvalue weighted by Crippen LogP contribution is 2.20. The summed E-state index contributed by atoms with van der Waals surface area (Å²) in [5, 5.41) is 8.93. The lowest BCUT2D eigenvalue weighted by atomic mass is 10.3. The lowest BCUT2D eigenvalue weighted by molar-refractivity contribution is 0.101. The van der Waals surface area contributed by atoms with E-state index in [9.17, 15) is 4.79 Å². The van der Waals surface area contributed by atoms with Gasteiger partial charge in [0.05, 0.1) is 18.6 Å². The Hall–Kier alpha value is -2.74. The molecule has 2 heterocycles. The van der Waals surface area contributed by atoms with Gasteiger partial charge in [0.2, 0.25) is 0 Å². The van der Waals surface area contributed by atoms with Gasteiger partial charge in [-0.25, -0.2) is 0 Å². The number of benzene rings is 1. The first-order valence-corrected chi connectivity index (χ1v) is 8.60. The van der Waals surface area contributed by atoms with Crippen molar-refractivity contribution in [2.75, 3.05) is 12.9 Å². The Morgan fingerprint density at radius 2 is 1.96 bits per heavy atom. The SMILES string of the molecule is COc1ccc(OCc2nnc(SCC(=O)c3ccc[nH]3)n2C)cc1. The minimum Gasteiger partial charge on any atom is -0.497 e. The van der Waals surface area contributed by atoms with Gasteiger partial charge in [-0.05, 0) is 36.4 Å². The van der Waals surface area contributed by atoms with Crippen LogP contribution in [-0.4, -0.2) is 38.4 Å². The van der Waals surface area contributed by atoms with Gasteiger partial charge in [-0.2, -0.15) is 0 Å². The number of aromatic nitrogens is 4. The van der Waals surface area contributed by atoms with Crippen molar-refractivity contribution in [1.82, 2.24) is 19.7 Å². The molecule has 0 aliphatic heterocycles. The molecule has 0 aliphatic carbocycles. The number of aromatic amines is 1. The molecule has 130 valence electrons. The summed E-state index contributed by atoms with van der Waals surface area (Å²) in [6.45, 7) is 0.293. The van der Waals surface area contributed by atoms with Crippen molar-refractivity contribution in [2.24, 2.45) is 7.05 Å². The van der Waals surface area contributed by atoms with Crippen molar-refractivity contribution in [3.8, 4) is 11.5 Å². The molecular formula is C17H18N4O3S. The number of H-pyrrole nitrogens is 1. The number of hydrogen-bond donors (Lipinski definition) is 1. The van der Waals surface area contributed by atoms with E-state index in [1.807, 2.05) is 35.9 Å². The van der Waals surface area contributed by atoms with Crippen LogP contribution < -0.4 is 9.47 Å². The van der Waals surface area contributed by atoms with Gasteiger partial charge in [-0.1, -0.05) is 11.8 Å². The lowest BCUT2D eigenvalue weighted by Gasteiger charge is -2.07. The summed E-state index contributed by atoms with van der Waals surface area (Å²) in [6.07, 6.45) is 1.73. The van der Waals surface area contributed by atoms with Crippen LogP contribution in [0.4, 0.5) is 0 Å². The van der Waals surface area contributed by atoms with E-state index in [0.29, 0.717) is 29.0 Å². The predicted octanol–water partition coefficient (Wildman–Crippen LogP) is 2.71. The van der Waals surface area contributed by atoms with Gasteiger partial charge >= 0.3 is 0 Å². The van der Waals surface area contributed by atoms with Crippen LogP contribution in [0.3, 0.4) is 0 Å². The maximum atomic E-state index is 12.0. The van der Waals surface area contributed by atoms with Crippen LogP contribution in [0.2, 0.25) is 0 Å². The van der Waals surface area contributed by atoms with E-state index < -0.39 is 0 Å². The molecule has 8 heteroatoms. The number of nitrogens with one attached hydrogen (secondary N) is 1. The number of rotatable bonds is 8. The molecule has 0 spiro atoms. The molecule has 3 aromatic rings. The average molecular weight is 358 g/mol. The third kappa shape index (κ3) is 4.21. The third-order valence-corrected chi connectivity index (χ3v) is 4.60. The molecule has 3 rings (SSSR count). The van der Waals surface area contributed by atoms with Crippen molar-refractivity contribution >= 4 is 17.5 Å². The minimum atomic E-state index is 0.0223.